The maximum atomic E-state index is 6.29. The molecule has 2 heterocycles. The molecular weight excluding hydrogens is 474 g/mol. The van der Waals surface area contributed by atoms with Crippen molar-refractivity contribution in [2.45, 2.75) is 72.0 Å². The molecule has 1 aliphatic rings. The highest BCUT2D eigenvalue weighted by Crippen LogP contribution is 2.38. The van der Waals surface area contributed by atoms with E-state index in [0.29, 0.717) is 6.04 Å². The fourth-order valence-corrected chi connectivity index (χ4v) is 6.10. The van der Waals surface area contributed by atoms with Gasteiger partial charge in [-0.05, 0) is 68.0 Å². The predicted octanol–water partition coefficient (Wildman–Crippen LogP) is 8.74. The molecule has 0 spiro atoms. The molecule has 4 heteroatoms. The van der Waals surface area contributed by atoms with Gasteiger partial charge in [0.1, 0.15) is 5.82 Å². The van der Waals surface area contributed by atoms with Gasteiger partial charge in [0, 0.05) is 35.3 Å². The molecule has 0 aliphatic carbocycles. The Morgan fingerprint density at radius 3 is 2.19 bits per heavy atom. The second-order valence-corrected chi connectivity index (χ2v) is 10.5. The third-order valence-corrected chi connectivity index (χ3v) is 8.13. The molecule has 1 saturated heterocycles. The van der Waals surface area contributed by atoms with Crippen molar-refractivity contribution in [1.82, 2.24) is 14.5 Å². The van der Waals surface area contributed by atoms with Crippen molar-refractivity contribution in [2.75, 3.05) is 6.54 Å². The van der Waals surface area contributed by atoms with Crippen LogP contribution in [0.5, 0.6) is 0 Å². The number of likely N-dealkylation sites (tertiary alicyclic amines) is 1. The Kier molecular flexibility index (Phi) is 8.12. The van der Waals surface area contributed by atoms with Gasteiger partial charge < -0.3 is 4.57 Å². The van der Waals surface area contributed by atoms with Crippen molar-refractivity contribution in [2.24, 2.45) is 0 Å². The van der Waals surface area contributed by atoms with Gasteiger partial charge in [-0.25, -0.2) is 4.98 Å². The van der Waals surface area contributed by atoms with Gasteiger partial charge in [-0.3, -0.25) is 4.90 Å². The Morgan fingerprint density at radius 1 is 0.838 bits per heavy atom. The largest absolute Gasteiger partial charge is 0.327 e. The second kappa shape index (κ2) is 11.7. The van der Waals surface area contributed by atoms with Crippen LogP contribution in [0.4, 0.5) is 0 Å². The van der Waals surface area contributed by atoms with E-state index >= 15 is 0 Å². The molecule has 192 valence electrons. The van der Waals surface area contributed by atoms with Crippen molar-refractivity contribution in [3.63, 3.8) is 0 Å². The molecule has 0 bridgehead atoms. The number of hydrogen-bond donors (Lipinski definition) is 0. The molecule has 0 amide bonds. The maximum Gasteiger partial charge on any atom is 0.141 e. The number of halogens is 1. The highest BCUT2D eigenvalue weighted by molar-refractivity contribution is 6.30. The summed E-state index contributed by atoms with van der Waals surface area (Å²) in [4.78, 5) is 8.10. The van der Waals surface area contributed by atoms with Gasteiger partial charge >= 0.3 is 0 Å². The van der Waals surface area contributed by atoms with E-state index in [0.717, 1.165) is 54.6 Å². The molecule has 1 aromatic heterocycles. The smallest absolute Gasteiger partial charge is 0.141 e. The Bertz CT molecular complexity index is 1300. The topological polar surface area (TPSA) is 21.1 Å². The standard InChI is InChI=1S/C33H38ClN3/c1-4-24-15-12-16-25(5-2)31(24)33-35-32(27-18-20-28(34)21-19-27)30(37(33)6-3)23-36-22-11-10-17-29(36)26-13-8-7-9-14-26/h7-9,12-16,18-21,29H,4-6,10-11,17,22-23H2,1-3H3. The lowest BCUT2D eigenvalue weighted by atomic mass is 9.95. The van der Waals surface area contributed by atoms with Gasteiger partial charge in [-0.1, -0.05) is 92.5 Å². The third kappa shape index (κ3) is 5.26. The Balaban J connectivity index is 1.67. The molecule has 1 fully saturated rings. The van der Waals surface area contributed by atoms with Gasteiger partial charge in [-0.2, -0.15) is 0 Å². The lowest BCUT2D eigenvalue weighted by Crippen LogP contribution is -2.33. The van der Waals surface area contributed by atoms with Gasteiger partial charge in [0.2, 0.25) is 0 Å². The van der Waals surface area contributed by atoms with Crippen LogP contribution in [-0.2, 0) is 25.9 Å². The summed E-state index contributed by atoms with van der Waals surface area (Å²) < 4.78 is 2.48. The van der Waals surface area contributed by atoms with E-state index < -0.39 is 0 Å². The molecule has 1 aliphatic heterocycles. The summed E-state index contributed by atoms with van der Waals surface area (Å²) in [5.41, 5.74) is 8.99. The zero-order chi connectivity index (χ0) is 25.8. The van der Waals surface area contributed by atoms with E-state index in [1.165, 1.54) is 47.2 Å². The summed E-state index contributed by atoms with van der Waals surface area (Å²) in [6, 6.07) is 26.4. The van der Waals surface area contributed by atoms with E-state index in [1.807, 2.05) is 12.1 Å². The molecule has 37 heavy (non-hydrogen) atoms. The molecule has 3 nitrogen and oxygen atoms in total. The molecule has 3 aromatic carbocycles. The fraction of sp³-hybridized carbons (Fsp3) is 0.364. The minimum atomic E-state index is 0.436. The van der Waals surface area contributed by atoms with Crippen molar-refractivity contribution >= 4 is 11.6 Å². The normalized spacial score (nSPS) is 16.3. The first-order chi connectivity index (χ1) is 18.1. The monoisotopic (exact) mass is 511 g/mol. The highest BCUT2D eigenvalue weighted by atomic mass is 35.5. The first kappa shape index (κ1) is 25.8. The van der Waals surface area contributed by atoms with Crippen LogP contribution in [0, 0.1) is 0 Å². The molecule has 0 saturated carbocycles. The number of aromatic nitrogens is 2. The molecule has 4 aromatic rings. The Morgan fingerprint density at radius 2 is 1.54 bits per heavy atom. The first-order valence-electron chi connectivity index (χ1n) is 13.9. The first-order valence-corrected chi connectivity index (χ1v) is 14.3. The van der Waals surface area contributed by atoms with Gasteiger partial charge in [-0.15, -0.1) is 0 Å². The highest BCUT2D eigenvalue weighted by Gasteiger charge is 2.28. The second-order valence-electron chi connectivity index (χ2n) is 10.0. The van der Waals surface area contributed by atoms with Crippen molar-refractivity contribution in [3.8, 4) is 22.6 Å². The van der Waals surface area contributed by atoms with Crippen LogP contribution in [0.3, 0.4) is 0 Å². The van der Waals surface area contributed by atoms with E-state index in [4.69, 9.17) is 16.6 Å². The number of rotatable bonds is 8. The number of hydrogen-bond acceptors (Lipinski definition) is 2. The summed E-state index contributed by atoms with van der Waals surface area (Å²) >= 11 is 6.29. The van der Waals surface area contributed by atoms with Crippen LogP contribution in [0.15, 0.2) is 72.8 Å². The minimum absolute atomic E-state index is 0.436. The SMILES string of the molecule is CCc1cccc(CC)c1-c1nc(-c2ccc(Cl)cc2)c(CN2CCCCC2c2ccccc2)n1CC. The number of piperidine rings is 1. The van der Waals surface area contributed by atoms with Gasteiger partial charge in [0.05, 0.1) is 11.4 Å². The molecule has 1 atom stereocenters. The number of aryl methyl sites for hydroxylation is 2. The van der Waals surface area contributed by atoms with Crippen molar-refractivity contribution in [1.29, 1.82) is 0 Å². The lowest BCUT2D eigenvalue weighted by molar-refractivity contribution is 0.137. The van der Waals surface area contributed by atoms with Gasteiger partial charge in [0.15, 0.2) is 0 Å². The van der Waals surface area contributed by atoms with Crippen LogP contribution in [0.2, 0.25) is 5.02 Å². The molecule has 0 N–H and O–H groups in total. The van der Waals surface area contributed by atoms with Crippen molar-refractivity contribution < 1.29 is 0 Å². The predicted molar refractivity (Wildman–Crippen MR) is 156 cm³/mol. The number of nitrogens with zero attached hydrogens (tertiary/aromatic N) is 3. The van der Waals surface area contributed by atoms with E-state index in [-0.39, 0.29) is 0 Å². The average molecular weight is 512 g/mol. The minimum Gasteiger partial charge on any atom is -0.327 e. The summed E-state index contributed by atoms with van der Waals surface area (Å²) in [5.74, 6) is 1.10. The van der Waals surface area contributed by atoms with Crippen LogP contribution in [-0.4, -0.2) is 21.0 Å². The zero-order valence-electron chi connectivity index (χ0n) is 22.4. The lowest BCUT2D eigenvalue weighted by Gasteiger charge is -2.36. The average Bonchev–Trinajstić information content (AvgIpc) is 3.31. The van der Waals surface area contributed by atoms with Crippen LogP contribution < -0.4 is 0 Å². The summed E-state index contributed by atoms with van der Waals surface area (Å²) in [6.07, 6.45) is 5.71. The fourth-order valence-electron chi connectivity index (χ4n) is 5.97. The maximum absolute atomic E-state index is 6.29. The summed E-state index contributed by atoms with van der Waals surface area (Å²) in [5, 5.41) is 0.755. The van der Waals surface area contributed by atoms with E-state index in [9.17, 15) is 0 Å². The zero-order valence-corrected chi connectivity index (χ0v) is 23.1. The Labute approximate surface area is 227 Å². The molecule has 1 unspecified atom stereocenters. The molecule has 0 radical (unpaired) electrons. The van der Waals surface area contributed by atoms with Crippen molar-refractivity contribution in [3.05, 3.63) is 100 Å². The summed E-state index contributed by atoms with van der Waals surface area (Å²) in [6.45, 7) is 9.62. The third-order valence-electron chi connectivity index (χ3n) is 7.88. The van der Waals surface area contributed by atoms with E-state index in [2.05, 4.69) is 90.9 Å². The summed E-state index contributed by atoms with van der Waals surface area (Å²) in [7, 11) is 0. The van der Waals surface area contributed by atoms with E-state index in [1.54, 1.807) is 0 Å². The number of imidazole rings is 1. The van der Waals surface area contributed by atoms with Crippen LogP contribution in [0.25, 0.3) is 22.6 Å². The molecule has 5 rings (SSSR count). The van der Waals surface area contributed by atoms with Crippen LogP contribution >= 0.6 is 11.6 Å². The quantitative estimate of drug-likeness (QED) is 0.236. The van der Waals surface area contributed by atoms with Crippen LogP contribution in [0.1, 0.15) is 68.5 Å². The Hall–Kier alpha value is -2.88. The number of benzene rings is 3. The molecular formula is C33H38ClN3. The van der Waals surface area contributed by atoms with Gasteiger partial charge in [0.25, 0.3) is 0 Å².